The van der Waals surface area contributed by atoms with Crippen molar-refractivity contribution in [3.05, 3.63) is 36.3 Å². The molecule has 42 heavy (non-hydrogen) atoms. The lowest BCUT2D eigenvalue weighted by Crippen LogP contribution is -2.70. The number of nitrogens with zero attached hydrogens (tertiary/aromatic N) is 4. The second-order valence-corrected chi connectivity index (χ2v) is 13.1. The molecule has 1 aromatic heterocycles. The van der Waals surface area contributed by atoms with E-state index in [1.807, 2.05) is 29.0 Å². The summed E-state index contributed by atoms with van der Waals surface area (Å²) < 4.78 is 36.4. The molecule has 0 spiro atoms. The van der Waals surface area contributed by atoms with E-state index in [0.29, 0.717) is 43.9 Å². The van der Waals surface area contributed by atoms with Crippen molar-refractivity contribution in [3.63, 3.8) is 0 Å². The number of fused-ring (bicyclic) bond motifs is 4. The number of halogens is 1. The lowest BCUT2D eigenvalue weighted by molar-refractivity contribution is -0.213. The molecule has 0 radical (unpaired) electrons. The maximum absolute atomic E-state index is 16.6. The summed E-state index contributed by atoms with van der Waals surface area (Å²) >= 11 is 0. The van der Waals surface area contributed by atoms with E-state index in [1.165, 1.54) is 25.7 Å². The first-order valence-corrected chi connectivity index (χ1v) is 15.7. The van der Waals surface area contributed by atoms with Crippen LogP contribution in [0.25, 0.3) is 11.0 Å². The molecular formula is C32H39FN4O5. The molecule has 1 aromatic carbocycles. The van der Waals surface area contributed by atoms with Gasteiger partial charge in [-0.2, -0.15) is 0 Å². The zero-order valence-corrected chi connectivity index (χ0v) is 24.1. The van der Waals surface area contributed by atoms with Gasteiger partial charge in [0.1, 0.15) is 18.0 Å². The Balaban J connectivity index is 1.22. The van der Waals surface area contributed by atoms with Crippen molar-refractivity contribution in [1.82, 2.24) is 19.4 Å². The van der Waals surface area contributed by atoms with Crippen LogP contribution >= 0.6 is 0 Å². The van der Waals surface area contributed by atoms with E-state index in [1.54, 1.807) is 18.3 Å². The zero-order chi connectivity index (χ0) is 28.5. The summed E-state index contributed by atoms with van der Waals surface area (Å²) in [6.45, 7) is 1.85. The highest BCUT2D eigenvalue weighted by atomic mass is 19.1. The Morgan fingerprint density at radius 3 is 2.64 bits per heavy atom. The van der Waals surface area contributed by atoms with Crippen LogP contribution in [0.3, 0.4) is 0 Å². The van der Waals surface area contributed by atoms with Crippen LogP contribution in [0.1, 0.15) is 51.0 Å². The van der Waals surface area contributed by atoms with Crippen molar-refractivity contribution in [3.8, 4) is 5.75 Å². The van der Waals surface area contributed by atoms with E-state index in [-0.39, 0.29) is 41.9 Å². The first-order valence-electron chi connectivity index (χ1n) is 15.7. The number of ether oxygens (including phenoxy) is 3. The van der Waals surface area contributed by atoms with Gasteiger partial charge in [-0.25, -0.2) is 9.37 Å². The van der Waals surface area contributed by atoms with Gasteiger partial charge in [0.25, 0.3) is 5.91 Å². The number of hydrogen-bond donors (Lipinski definition) is 0. The highest BCUT2D eigenvalue weighted by molar-refractivity contribution is 6.20. The van der Waals surface area contributed by atoms with Crippen molar-refractivity contribution in [1.29, 1.82) is 0 Å². The summed E-state index contributed by atoms with van der Waals surface area (Å²) in [4.78, 5) is 36.4. The van der Waals surface area contributed by atoms with E-state index in [0.717, 1.165) is 23.9 Å². The van der Waals surface area contributed by atoms with Crippen LogP contribution in [0.4, 0.5) is 4.39 Å². The Kier molecular flexibility index (Phi) is 6.55. The van der Waals surface area contributed by atoms with E-state index >= 15 is 4.39 Å². The lowest BCUT2D eigenvalue weighted by atomic mass is 9.65. The van der Waals surface area contributed by atoms with Crippen LogP contribution in [0.2, 0.25) is 0 Å². The van der Waals surface area contributed by atoms with Crippen LogP contribution in [0.5, 0.6) is 5.75 Å². The molecular weight excluding hydrogens is 539 g/mol. The SMILES string of the molecule is COc1ccc2ncn(C3C(F)CC4C(=O)C(C(=O)N5CCOCC5)=CN5C6CC7CCCCC7CC6OC3C45)c2c1. The second kappa shape index (κ2) is 10.3. The Morgan fingerprint density at radius 2 is 1.86 bits per heavy atom. The minimum atomic E-state index is -1.34. The standard InChI is InChI=1S/C32H39FN4O5/c1-40-20-6-7-24-25(14-20)37(17-34-24)29-23(33)15-21-28-31(29)42-27-13-19-5-3-2-4-18(19)12-26(27)36(28)16-22(30(21)38)32(39)35-8-10-41-11-9-35/h6-7,14,16-19,21,23,26-29,31H,2-5,8-13,15H2,1H3. The van der Waals surface area contributed by atoms with E-state index in [4.69, 9.17) is 14.2 Å². The summed E-state index contributed by atoms with van der Waals surface area (Å²) in [5, 5.41) is 0. The van der Waals surface area contributed by atoms with Gasteiger partial charge in [-0.1, -0.05) is 25.7 Å². The predicted molar refractivity (Wildman–Crippen MR) is 152 cm³/mol. The fraction of sp³-hybridized carbons (Fsp3) is 0.656. The third-order valence-electron chi connectivity index (χ3n) is 11.1. The van der Waals surface area contributed by atoms with Crippen LogP contribution in [-0.4, -0.2) is 94.9 Å². The molecule has 2 aromatic rings. The molecule has 8 rings (SSSR count). The molecule has 10 heteroatoms. The van der Waals surface area contributed by atoms with E-state index < -0.39 is 24.2 Å². The molecule has 0 N–H and O–H groups in total. The first-order chi connectivity index (χ1) is 20.5. The summed E-state index contributed by atoms with van der Waals surface area (Å²) in [5.41, 5.74) is 1.75. The molecule has 4 heterocycles. The number of rotatable bonds is 3. The summed E-state index contributed by atoms with van der Waals surface area (Å²) in [6, 6.07) is 4.73. The largest absolute Gasteiger partial charge is 0.497 e. The maximum Gasteiger partial charge on any atom is 0.259 e. The molecule has 6 aliphatic rings. The molecule has 9 nitrogen and oxygen atoms in total. The Morgan fingerprint density at radius 1 is 1.07 bits per heavy atom. The molecule has 1 amide bonds. The van der Waals surface area contributed by atoms with Crippen LogP contribution in [-0.2, 0) is 19.1 Å². The molecule has 224 valence electrons. The highest BCUT2D eigenvalue weighted by Crippen LogP contribution is 2.52. The monoisotopic (exact) mass is 578 g/mol. The summed E-state index contributed by atoms with van der Waals surface area (Å²) in [7, 11) is 1.62. The van der Waals surface area contributed by atoms with Gasteiger partial charge >= 0.3 is 0 Å². The molecule has 3 saturated carbocycles. The molecule has 3 aliphatic carbocycles. The average Bonchev–Trinajstić information content (AvgIpc) is 3.44. The van der Waals surface area contributed by atoms with Crippen molar-refractivity contribution in [2.45, 2.75) is 81.5 Å². The minimum absolute atomic E-state index is 0.0470. The zero-order valence-electron chi connectivity index (χ0n) is 24.1. The number of alkyl halides is 1. The van der Waals surface area contributed by atoms with Crippen LogP contribution < -0.4 is 4.74 Å². The molecule has 0 bridgehead atoms. The third kappa shape index (κ3) is 4.12. The fourth-order valence-corrected chi connectivity index (χ4v) is 9.06. The average molecular weight is 579 g/mol. The molecule has 3 aliphatic heterocycles. The predicted octanol–water partition coefficient (Wildman–Crippen LogP) is 3.68. The van der Waals surface area contributed by atoms with Crippen molar-refractivity contribution in [2.75, 3.05) is 33.4 Å². The number of amides is 1. The van der Waals surface area contributed by atoms with Crippen molar-refractivity contribution in [2.24, 2.45) is 17.8 Å². The number of carbonyl (C=O) groups is 2. The fourth-order valence-electron chi connectivity index (χ4n) is 9.06. The van der Waals surface area contributed by atoms with E-state index in [9.17, 15) is 9.59 Å². The van der Waals surface area contributed by atoms with Crippen LogP contribution in [0.15, 0.2) is 36.3 Å². The number of ketones is 1. The number of hydrogen-bond acceptors (Lipinski definition) is 7. The van der Waals surface area contributed by atoms with Gasteiger partial charge < -0.3 is 28.6 Å². The Hall–Kier alpha value is -2.98. The van der Waals surface area contributed by atoms with Gasteiger partial charge in [-0.3, -0.25) is 9.59 Å². The van der Waals surface area contributed by atoms with Gasteiger partial charge in [0.15, 0.2) is 5.78 Å². The minimum Gasteiger partial charge on any atom is -0.497 e. The molecule has 9 unspecified atom stereocenters. The molecule has 9 atom stereocenters. The van der Waals surface area contributed by atoms with Crippen molar-refractivity contribution >= 4 is 22.7 Å². The maximum atomic E-state index is 16.6. The van der Waals surface area contributed by atoms with Gasteiger partial charge in [0, 0.05) is 31.3 Å². The number of Topliss-reactive ketones (excluding diaryl/α,β-unsaturated/α-hetero) is 1. The normalized spacial score (nSPS) is 37.9. The topological polar surface area (TPSA) is 86.1 Å². The van der Waals surface area contributed by atoms with Crippen molar-refractivity contribution < 1.29 is 28.2 Å². The molecule has 2 saturated heterocycles. The van der Waals surface area contributed by atoms with Gasteiger partial charge in [-0.15, -0.1) is 0 Å². The lowest BCUT2D eigenvalue weighted by Gasteiger charge is -2.61. The quantitative estimate of drug-likeness (QED) is 0.514. The van der Waals surface area contributed by atoms with Gasteiger partial charge in [-0.05, 0) is 43.2 Å². The number of benzene rings is 1. The third-order valence-corrected chi connectivity index (χ3v) is 11.1. The van der Waals surface area contributed by atoms with Crippen LogP contribution in [0, 0.1) is 17.8 Å². The summed E-state index contributed by atoms with van der Waals surface area (Å²) in [5.74, 6) is 0.778. The highest BCUT2D eigenvalue weighted by Gasteiger charge is 2.60. The van der Waals surface area contributed by atoms with Gasteiger partial charge in [0.2, 0.25) is 0 Å². The first kappa shape index (κ1) is 26.6. The second-order valence-electron chi connectivity index (χ2n) is 13.1. The number of aromatic nitrogens is 2. The molecule has 5 fully saturated rings. The number of carbonyl (C=O) groups excluding carboxylic acids is 2. The Bertz CT molecular complexity index is 1420. The number of morpholine rings is 2. The number of methoxy groups -OCH3 is 1. The Labute approximate surface area is 244 Å². The van der Waals surface area contributed by atoms with Gasteiger partial charge in [0.05, 0.1) is 67.5 Å². The number of imidazole rings is 1. The summed E-state index contributed by atoms with van der Waals surface area (Å²) in [6.07, 6.45) is 8.50. The van der Waals surface area contributed by atoms with E-state index in [2.05, 4.69) is 9.88 Å². The smallest absolute Gasteiger partial charge is 0.259 e.